The summed E-state index contributed by atoms with van der Waals surface area (Å²) in [6.45, 7) is 6.35. The van der Waals surface area contributed by atoms with Crippen molar-refractivity contribution in [2.24, 2.45) is 5.92 Å². The molecule has 1 atom stereocenters. The lowest BCUT2D eigenvalue weighted by Crippen LogP contribution is -2.46. The van der Waals surface area contributed by atoms with Crippen LogP contribution in [0.15, 0.2) is 42.5 Å². The Kier molecular flexibility index (Phi) is 6.45. The molecule has 0 N–H and O–H groups in total. The standard InChI is InChI=1S/C28H35N3O4/c1-28(2)18-20(13-16-35-28)27(32)30-14-11-21(12-15-30)31-23-8-6-5-7-22(23)29-26(31)19-9-10-24(33-3)25(17-19)34-4/h5-10,17,20-21H,11-16,18H2,1-4H3. The van der Waals surface area contributed by atoms with Gasteiger partial charge in [0.15, 0.2) is 11.5 Å². The van der Waals surface area contributed by atoms with Crippen molar-refractivity contribution in [3.63, 3.8) is 0 Å². The van der Waals surface area contributed by atoms with E-state index in [-0.39, 0.29) is 23.5 Å². The minimum Gasteiger partial charge on any atom is -0.493 e. The maximum Gasteiger partial charge on any atom is 0.225 e. The van der Waals surface area contributed by atoms with Gasteiger partial charge in [0.2, 0.25) is 5.91 Å². The zero-order chi connectivity index (χ0) is 24.6. The maximum atomic E-state index is 13.3. The molecule has 1 unspecified atom stereocenters. The summed E-state index contributed by atoms with van der Waals surface area (Å²) < 4.78 is 19.2. The Labute approximate surface area is 207 Å². The van der Waals surface area contributed by atoms with Gasteiger partial charge in [0.1, 0.15) is 5.82 Å². The first-order valence-electron chi connectivity index (χ1n) is 12.5. The number of carbonyl (C=O) groups is 1. The van der Waals surface area contributed by atoms with Crippen LogP contribution < -0.4 is 9.47 Å². The lowest BCUT2D eigenvalue weighted by Gasteiger charge is -2.39. The number of piperidine rings is 1. The number of hydrogen-bond acceptors (Lipinski definition) is 5. The topological polar surface area (TPSA) is 65.8 Å². The van der Waals surface area contributed by atoms with E-state index in [4.69, 9.17) is 19.2 Å². The monoisotopic (exact) mass is 477 g/mol. The van der Waals surface area contributed by atoms with Gasteiger partial charge in [0.05, 0.1) is 30.9 Å². The van der Waals surface area contributed by atoms with E-state index < -0.39 is 0 Å². The number of aromatic nitrogens is 2. The first kappa shape index (κ1) is 23.7. The summed E-state index contributed by atoms with van der Waals surface area (Å²) in [6.07, 6.45) is 3.41. The van der Waals surface area contributed by atoms with Gasteiger partial charge in [-0.3, -0.25) is 4.79 Å². The quantitative estimate of drug-likeness (QED) is 0.512. The highest BCUT2D eigenvalue weighted by atomic mass is 16.5. The van der Waals surface area contributed by atoms with Crippen molar-refractivity contribution >= 4 is 16.9 Å². The highest BCUT2D eigenvalue weighted by Gasteiger charge is 2.36. The van der Waals surface area contributed by atoms with E-state index in [2.05, 4.69) is 41.5 Å². The zero-order valence-electron chi connectivity index (χ0n) is 21.1. The van der Waals surface area contributed by atoms with Crippen LogP contribution in [0.4, 0.5) is 0 Å². The molecule has 7 nitrogen and oxygen atoms in total. The molecular weight excluding hydrogens is 442 g/mol. The van der Waals surface area contributed by atoms with Crippen molar-refractivity contribution in [2.75, 3.05) is 33.9 Å². The Morgan fingerprint density at radius 3 is 2.49 bits per heavy atom. The summed E-state index contributed by atoms with van der Waals surface area (Å²) in [5.74, 6) is 2.65. The fourth-order valence-electron chi connectivity index (χ4n) is 5.64. The number of rotatable bonds is 5. The van der Waals surface area contributed by atoms with Crippen molar-refractivity contribution in [2.45, 2.75) is 51.2 Å². The third-order valence-electron chi connectivity index (χ3n) is 7.43. The molecule has 0 saturated carbocycles. The number of carbonyl (C=O) groups excluding carboxylic acids is 1. The lowest BCUT2D eigenvalue weighted by atomic mass is 9.87. The molecule has 0 bridgehead atoms. The minimum absolute atomic E-state index is 0.0618. The van der Waals surface area contributed by atoms with Crippen LogP contribution >= 0.6 is 0 Å². The second kappa shape index (κ2) is 9.53. The molecule has 7 heteroatoms. The second-order valence-corrected chi connectivity index (χ2v) is 10.2. The van der Waals surface area contributed by atoms with Crippen LogP contribution in [0.2, 0.25) is 0 Å². The molecule has 3 heterocycles. The number of likely N-dealkylation sites (tertiary alicyclic amines) is 1. The Morgan fingerprint density at radius 2 is 1.77 bits per heavy atom. The van der Waals surface area contributed by atoms with Crippen LogP contribution in [0.5, 0.6) is 11.5 Å². The van der Waals surface area contributed by atoms with Crippen molar-refractivity contribution in [1.82, 2.24) is 14.5 Å². The number of ether oxygens (including phenoxy) is 3. The molecule has 1 amide bonds. The van der Waals surface area contributed by atoms with Crippen LogP contribution in [0.3, 0.4) is 0 Å². The predicted molar refractivity (Wildman–Crippen MR) is 136 cm³/mol. The van der Waals surface area contributed by atoms with Gasteiger partial charge in [-0.05, 0) is 69.9 Å². The first-order chi connectivity index (χ1) is 16.9. The van der Waals surface area contributed by atoms with Gasteiger partial charge in [-0.2, -0.15) is 0 Å². The molecule has 2 saturated heterocycles. The number of methoxy groups -OCH3 is 2. The summed E-state index contributed by atoms with van der Waals surface area (Å²) in [6, 6.07) is 14.5. The Morgan fingerprint density at radius 1 is 1.03 bits per heavy atom. The summed E-state index contributed by atoms with van der Waals surface area (Å²) in [4.78, 5) is 20.4. The molecule has 2 fully saturated rings. The molecule has 0 aliphatic carbocycles. The molecule has 35 heavy (non-hydrogen) atoms. The minimum atomic E-state index is -0.221. The van der Waals surface area contributed by atoms with E-state index in [1.165, 1.54) is 0 Å². The molecular formula is C28H35N3O4. The molecule has 1 aromatic heterocycles. The number of imidazole rings is 1. The highest BCUT2D eigenvalue weighted by Crippen LogP contribution is 2.38. The van der Waals surface area contributed by atoms with Crippen LogP contribution in [-0.2, 0) is 9.53 Å². The average molecular weight is 478 g/mol. The lowest BCUT2D eigenvalue weighted by molar-refractivity contribution is -0.146. The number of nitrogens with zero attached hydrogens (tertiary/aromatic N) is 3. The Balaban J connectivity index is 1.41. The maximum absolute atomic E-state index is 13.3. The van der Waals surface area contributed by atoms with Gasteiger partial charge in [-0.15, -0.1) is 0 Å². The molecule has 186 valence electrons. The van der Waals surface area contributed by atoms with E-state index in [1.54, 1.807) is 14.2 Å². The fraction of sp³-hybridized carbons (Fsp3) is 0.500. The largest absolute Gasteiger partial charge is 0.493 e. The molecule has 2 aliphatic rings. The summed E-state index contributed by atoms with van der Waals surface area (Å²) in [5, 5.41) is 0. The first-order valence-corrected chi connectivity index (χ1v) is 12.5. The number of hydrogen-bond donors (Lipinski definition) is 0. The van der Waals surface area contributed by atoms with E-state index in [1.807, 2.05) is 24.3 Å². The number of benzene rings is 2. The van der Waals surface area contributed by atoms with Gasteiger partial charge in [0.25, 0.3) is 0 Å². The zero-order valence-corrected chi connectivity index (χ0v) is 21.1. The number of fused-ring (bicyclic) bond motifs is 1. The number of para-hydroxylation sites is 2. The fourth-order valence-corrected chi connectivity index (χ4v) is 5.64. The van der Waals surface area contributed by atoms with Crippen LogP contribution in [0.25, 0.3) is 22.4 Å². The molecule has 0 radical (unpaired) electrons. The number of amides is 1. The molecule has 2 aromatic carbocycles. The van der Waals surface area contributed by atoms with Gasteiger partial charge in [0, 0.05) is 37.2 Å². The smallest absolute Gasteiger partial charge is 0.225 e. The van der Waals surface area contributed by atoms with Gasteiger partial charge in [-0.1, -0.05) is 12.1 Å². The normalized spacial score (nSPS) is 20.7. The average Bonchev–Trinajstić information content (AvgIpc) is 3.27. The summed E-state index contributed by atoms with van der Waals surface area (Å²) in [7, 11) is 3.29. The highest BCUT2D eigenvalue weighted by molar-refractivity contribution is 5.82. The predicted octanol–water partition coefficient (Wildman–Crippen LogP) is 5.09. The van der Waals surface area contributed by atoms with Crippen molar-refractivity contribution in [1.29, 1.82) is 0 Å². The molecule has 3 aromatic rings. The van der Waals surface area contributed by atoms with E-state index in [0.29, 0.717) is 18.1 Å². The second-order valence-electron chi connectivity index (χ2n) is 10.2. The molecule has 0 spiro atoms. The Hall–Kier alpha value is -3.06. The summed E-state index contributed by atoms with van der Waals surface area (Å²) in [5.41, 5.74) is 2.86. The van der Waals surface area contributed by atoms with Crippen LogP contribution in [0, 0.1) is 5.92 Å². The van der Waals surface area contributed by atoms with Gasteiger partial charge >= 0.3 is 0 Å². The van der Waals surface area contributed by atoms with E-state index in [9.17, 15) is 4.79 Å². The third kappa shape index (κ3) is 4.61. The van der Waals surface area contributed by atoms with E-state index >= 15 is 0 Å². The van der Waals surface area contributed by atoms with Crippen molar-refractivity contribution in [3.05, 3.63) is 42.5 Å². The SMILES string of the molecule is COc1ccc(-c2nc3ccccc3n2C2CCN(C(=O)C3CCOC(C)(C)C3)CC2)cc1OC. The molecule has 2 aliphatic heterocycles. The summed E-state index contributed by atoms with van der Waals surface area (Å²) >= 11 is 0. The molecule has 5 rings (SSSR count). The van der Waals surface area contributed by atoms with Gasteiger partial charge < -0.3 is 23.7 Å². The van der Waals surface area contributed by atoms with Crippen LogP contribution in [-0.4, -0.2) is 59.9 Å². The van der Waals surface area contributed by atoms with Crippen LogP contribution in [0.1, 0.15) is 45.6 Å². The third-order valence-corrected chi connectivity index (χ3v) is 7.43. The van der Waals surface area contributed by atoms with Gasteiger partial charge in [-0.25, -0.2) is 4.98 Å². The Bertz CT molecular complexity index is 1210. The van der Waals surface area contributed by atoms with Crippen molar-refractivity contribution < 1.29 is 19.0 Å². The van der Waals surface area contributed by atoms with E-state index in [0.717, 1.165) is 61.2 Å². The van der Waals surface area contributed by atoms with Crippen molar-refractivity contribution in [3.8, 4) is 22.9 Å².